The minimum atomic E-state index is -0.573. The standard InChI is InChI=1S/C17H18FN3O3/c1-24-17(23)21-11-14-10-13(7-8-19-14)16(22)20-9-6-12-4-2-3-5-15(12)18/h2-5,7-8,10H,6,9,11H2,1H3,(H,20,22)(H,21,23). The molecule has 0 aliphatic rings. The number of aromatic nitrogens is 1. The van der Waals surface area contributed by atoms with Gasteiger partial charge in [-0.1, -0.05) is 18.2 Å². The lowest BCUT2D eigenvalue weighted by molar-refractivity contribution is 0.0953. The highest BCUT2D eigenvalue weighted by molar-refractivity contribution is 5.94. The van der Waals surface area contributed by atoms with E-state index in [2.05, 4.69) is 20.4 Å². The van der Waals surface area contributed by atoms with E-state index in [1.807, 2.05) is 0 Å². The fraction of sp³-hybridized carbons (Fsp3) is 0.235. The summed E-state index contributed by atoms with van der Waals surface area (Å²) in [4.78, 5) is 27.2. The van der Waals surface area contributed by atoms with E-state index in [0.29, 0.717) is 29.8 Å². The number of alkyl carbamates (subject to hydrolysis) is 1. The Bertz CT molecular complexity index is 722. The molecule has 0 aliphatic carbocycles. The Hall–Kier alpha value is -2.96. The van der Waals surface area contributed by atoms with Crippen molar-refractivity contribution < 1.29 is 18.7 Å². The van der Waals surface area contributed by atoms with Gasteiger partial charge in [-0.3, -0.25) is 9.78 Å². The molecule has 0 saturated carbocycles. The molecule has 2 N–H and O–H groups in total. The Morgan fingerprint density at radius 2 is 2.00 bits per heavy atom. The topological polar surface area (TPSA) is 80.3 Å². The van der Waals surface area contributed by atoms with Gasteiger partial charge in [-0.2, -0.15) is 0 Å². The number of halogens is 1. The summed E-state index contributed by atoms with van der Waals surface area (Å²) >= 11 is 0. The molecule has 0 fully saturated rings. The SMILES string of the molecule is COC(=O)NCc1cc(C(=O)NCCc2ccccc2F)ccn1. The first-order valence-corrected chi connectivity index (χ1v) is 7.38. The van der Waals surface area contributed by atoms with Crippen LogP contribution < -0.4 is 10.6 Å². The number of ether oxygens (including phenoxy) is 1. The number of carbonyl (C=O) groups excluding carboxylic acids is 2. The molecule has 24 heavy (non-hydrogen) atoms. The second-order valence-electron chi connectivity index (χ2n) is 4.98. The maximum absolute atomic E-state index is 13.5. The fourth-order valence-electron chi connectivity index (χ4n) is 2.06. The number of amides is 2. The largest absolute Gasteiger partial charge is 0.453 e. The summed E-state index contributed by atoms with van der Waals surface area (Å²) in [7, 11) is 1.27. The van der Waals surface area contributed by atoms with Crippen molar-refractivity contribution in [2.75, 3.05) is 13.7 Å². The minimum absolute atomic E-state index is 0.156. The number of methoxy groups -OCH3 is 1. The predicted molar refractivity (Wildman–Crippen MR) is 85.9 cm³/mol. The summed E-state index contributed by atoms with van der Waals surface area (Å²) in [5, 5.41) is 5.22. The molecule has 0 unspecified atom stereocenters. The van der Waals surface area contributed by atoms with E-state index < -0.39 is 6.09 Å². The molecular weight excluding hydrogens is 313 g/mol. The normalized spacial score (nSPS) is 10.1. The van der Waals surface area contributed by atoms with Gasteiger partial charge in [0, 0.05) is 18.3 Å². The van der Waals surface area contributed by atoms with Crippen LogP contribution in [0, 0.1) is 5.82 Å². The zero-order chi connectivity index (χ0) is 17.4. The Labute approximate surface area is 139 Å². The quantitative estimate of drug-likeness (QED) is 0.849. The van der Waals surface area contributed by atoms with Crippen molar-refractivity contribution >= 4 is 12.0 Å². The van der Waals surface area contributed by atoms with Gasteiger partial charge in [-0.05, 0) is 30.2 Å². The van der Waals surface area contributed by atoms with Gasteiger partial charge < -0.3 is 15.4 Å². The zero-order valence-corrected chi connectivity index (χ0v) is 13.2. The third kappa shape index (κ3) is 5.05. The molecule has 7 heteroatoms. The molecule has 0 atom stereocenters. The summed E-state index contributed by atoms with van der Waals surface area (Å²) in [6.45, 7) is 0.473. The van der Waals surface area contributed by atoms with Crippen molar-refractivity contribution in [2.24, 2.45) is 0 Å². The number of nitrogens with zero attached hydrogens (tertiary/aromatic N) is 1. The van der Waals surface area contributed by atoms with E-state index in [-0.39, 0.29) is 18.3 Å². The van der Waals surface area contributed by atoms with E-state index >= 15 is 0 Å². The van der Waals surface area contributed by atoms with Crippen LogP contribution in [0.15, 0.2) is 42.6 Å². The summed E-state index contributed by atoms with van der Waals surface area (Å²) in [5.74, 6) is -0.570. The number of hydrogen-bond donors (Lipinski definition) is 2. The molecular formula is C17H18FN3O3. The molecule has 1 aromatic carbocycles. The van der Waals surface area contributed by atoms with Gasteiger partial charge in [0.05, 0.1) is 19.3 Å². The van der Waals surface area contributed by atoms with Crippen molar-refractivity contribution in [3.05, 3.63) is 65.2 Å². The molecule has 2 rings (SSSR count). The average molecular weight is 331 g/mol. The Kier molecular flexibility index (Phi) is 6.24. The highest BCUT2D eigenvalue weighted by Crippen LogP contribution is 2.07. The van der Waals surface area contributed by atoms with Gasteiger partial charge in [0.2, 0.25) is 0 Å². The Morgan fingerprint density at radius 3 is 2.75 bits per heavy atom. The lowest BCUT2D eigenvalue weighted by Crippen LogP contribution is -2.27. The van der Waals surface area contributed by atoms with E-state index in [1.165, 1.54) is 19.4 Å². The van der Waals surface area contributed by atoms with Crippen LogP contribution in [-0.2, 0) is 17.7 Å². The smallest absolute Gasteiger partial charge is 0.407 e. The van der Waals surface area contributed by atoms with Crippen molar-refractivity contribution in [1.82, 2.24) is 15.6 Å². The van der Waals surface area contributed by atoms with Gasteiger partial charge in [0.1, 0.15) is 5.82 Å². The molecule has 0 radical (unpaired) electrons. The summed E-state index contributed by atoms with van der Waals surface area (Å²) in [6.07, 6.45) is 1.32. The van der Waals surface area contributed by atoms with Crippen LogP contribution in [0.2, 0.25) is 0 Å². The third-order valence-electron chi connectivity index (χ3n) is 3.32. The molecule has 2 amide bonds. The minimum Gasteiger partial charge on any atom is -0.453 e. The van der Waals surface area contributed by atoms with Gasteiger partial charge in [-0.15, -0.1) is 0 Å². The van der Waals surface area contributed by atoms with Crippen molar-refractivity contribution in [3.63, 3.8) is 0 Å². The number of nitrogens with one attached hydrogen (secondary N) is 2. The lowest BCUT2D eigenvalue weighted by Gasteiger charge is -2.08. The Balaban J connectivity index is 1.88. The lowest BCUT2D eigenvalue weighted by atomic mass is 10.1. The molecule has 1 aromatic heterocycles. The van der Waals surface area contributed by atoms with E-state index in [9.17, 15) is 14.0 Å². The second-order valence-corrected chi connectivity index (χ2v) is 4.98. The van der Waals surface area contributed by atoms with Crippen LogP contribution in [0.3, 0.4) is 0 Å². The number of pyridine rings is 1. The van der Waals surface area contributed by atoms with Crippen molar-refractivity contribution in [1.29, 1.82) is 0 Å². The highest BCUT2D eigenvalue weighted by atomic mass is 19.1. The zero-order valence-electron chi connectivity index (χ0n) is 13.2. The first-order valence-electron chi connectivity index (χ1n) is 7.38. The van der Waals surface area contributed by atoms with E-state index in [0.717, 1.165) is 0 Å². The molecule has 126 valence electrons. The first-order chi connectivity index (χ1) is 11.6. The van der Waals surface area contributed by atoms with Crippen LogP contribution in [0.1, 0.15) is 21.6 Å². The van der Waals surface area contributed by atoms with Crippen molar-refractivity contribution in [2.45, 2.75) is 13.0 Å². The molecule has 0 bridgehead atoms. The molecule has 0 aliphatic heterocycles. The molecule has 0 spiro atoms. The molecule has 0 saturated heterocycles. The number of rotatable bonds is 6. The van der Waals surface area contributed by atoms with Gasteiger partial charge in [-0.25, -0.2) is 9.18 Å². The van der Waals surface area contributed by atoms with Crippen LogP contribution in [0.5, 0.6) is 0 Å². The molecule has 2 aromatic rings. The van der Waals surface area contributed by atoms with E-state index in [4.69, 9.17) is 0 Å². The van der Waals surface area contributed by atoms with Crippen LogP contribution >= 0.6 is 0 Å². The highest BCUT2D eigenvalue weighted by Gasteiger charge is 2.08. The number of carbonyl (C=O) groups is 2. The summed E-state index contributed by atoms with van der Waals surface area (Å²) in [5.41, 5.74) is 1.50. The van der Waals surface area contributed by atoms with Crippen molar-refractivity contribution in [3.8, 4) is 0 Å². The van der Waals surface area contributed by atoms with Crippen LogP contribution in [-0.4, -0.2) is 30.6 Å². The number of benzene rings is 1. The molecule has 6 nitrogen and oxygen atoms in total. The van der Waals surface area contributed by atoms with Crippen LogP contribution in [0.4, 0.5) is 9.18 Å². The first kappa shape index (κ1) is 17.4. The molecule has 1 heterocycles. The van der Waals surface area contributed by atoms with Gasteiger partial charge in [0.15, 0.2) is 0 Å². The third-order valence-corrected chi connectivity index (χ3v) is 3.32. The average Bonchev–Trinajstić information content (AvgIpc) is 2.61. The number of hydrogen-bond acceptors (Lipinski definition) is 4. The summed E-state index contributed by atoms with van der Waals surface area (Å²) in [6, 6.07) is 9.60. The van der Waals surface area contributed by atoms with E-state index in [1.54, 1.807) is 30.3 Å². The fourth-order valence-corrected chi connectivity index (χ4v) is 2.06. The van der Waals surface area contributed by atoms with Gasteiger partial charge in [0.25, 0.3) is 5.91 Å². The predicted octanol–water partition coefficient (Wildman–Crippen LogP) is 2.05. The van der Waals surface area contributed by atoms with Crippen LogP contribution in [0.25, 0.3) is 0 Å². The maximum atomic E-state index is 13.5. The second kappa shape index (κ2) is 8.61. The van der Waals surface area contributed by atoms with Gasteiger partial charge >= 0.3 is 6.09 Å². The monoisotopic (exact) mass is 331 g/mol. The maximum Gasteiger partial charge on any atom is 0.407 e. The Morgan fingerprint density at radius 1 is 1.21 bits per heavy atom. The summed E-state index contributed by atoms with van der Waals surface area (Å²) < 4.78 is 18.0.